The van der Waals surface area contributed by atoms with Crippen LogP contribution in [0.3, 0.4) is 0 Å². The van der Waals surface area contributed by atoms with Crippen LogP contribution in [0.5, 0.6) is 0 Å². The molecule has 1 heterocycles. The zero-order valence-electron chi connectivity index (χ0n) is 7.44. The fourth-order valence-corrected chi connectivity index (χ4v) is 2.17. The molecule has 0 bridgehead atoms. The molecule has 1 unspecified atom stereocenters. The summed E-state index contributed by atoms with van der Waals surface area (Å²) >= 11 is 0. The predicted molar refractivity (Wildman–Crippen MR) is 60.6 cm³/mol. The van der Waals surface area contributed by atoms with E-state index in [4.69, 9.17) is 0 Å². The van der Waals surface area contributed by atoms with Gasteiger partial charge in [0.1, 0.15) is 0 Å². The Balaban J connectivity index is 2.18. The molecule has 2 nitrogen and oxygen atoms in total. The van der Waals surface area contributed by atoms with Crippen molar-refractivity contribution in [2.24, 2.45) is 0 Å². The number of hydrogen-bond donors (Lipinski definition) is 1. The predicted octanol–water partition coefficient (Wildman–Crippen LogP) is 2.80. The second kappa shape index (κ2) is 4.09. The van der Waals surface area contributed by atoms with Crippen molar-refractivity contribution < 1.29 is 4.79 Å². The van der Waals surface area contributed by atoms with Gasteiger partial charge in [0.2, 0.25) is 0 Å². The van der Waals surface area contributed by atoms with Gasteiger partial charge in [-0.1, -0.05) is 24.3 Å². The van der Waals surface area contributed by atoms with E-state index in [1.807, 2.05) is 53.1 Å². The molecule has 1 aliphatic rings. The molecule has 0 saturated heterocycles. The van der Waals surface area contributed by atoms with E-state index < -0.39 is 10.5 Å². The lowest BCUT2D eigenvalue weighted by atomic mass is 10.3. The second-order valence-electron chi connectivity index (χ2n) is 2.77. The van der Waals surface area contributed by atoms with Crippen LogP contribution in [-0.4, -0.2) is 5.23 Å². The van der Waals surface area contributed by atoms with E-state index in [1.165, 1.54) is 0 Å². The van der Waals surface area contributed by atoms with Gasteiger partial charge in [-0.25, -0.2) is 4.79 Å². The Morgan fingerprint density at radius 1 is 1.21 bits per heavy atom. The highest BCUT2D eigenvalue weighted by atomic mass is 32.2. The smallest absolute Gasteiger partial charge is 0.166 e. The summed E-state index contributed by atoms with van der Waals surface area (Å²) in [5, 5.41) is 7.94. The molecule has 0 radical (unpaired) electrons. The van der Waals surface area contributed by atoms with E-state index >= 15 is 0 Å². The summed E-state index contributed by atoms with van der Waals surface area (Å²) in [5.74, 6) is 0. The zero-order valence-corrected chi connectivity index (χ0v) is 8.25. The minimum atomic E-state index is -0.509. The van der Waals surface area contributed by atoms with Gasteiger partial charge in [0.25, 0.3) is 0 Å². The lowest BCUT2D eigenvalue weighted by Gasteiger charge is -2.06. The average Bonchev–Trinajstić information content (AvgIpc) is 2.67. The van der Waals surface area contributed by atoms with Crippen LogP contribution in [0.1, 0.15) is 0 Å². The normalized spacial score (nSPS) is 18.9. The van der Waals surface area contributed by atoms with Gasteiger partial charge >= 0.3 is 0 Å². The number of para-hydroxylation sites is 1. The topological polar surface area (TPSA) is 29.1 Å². The van der Waals surface area contributed by atoms with Gasteiger partial charge in [0.05, 0.1) is 5.03 Å². The number of hydrogen-bond acceptors (Lipinski definition) is 2. The fraction of sp³-hybridized carbons (Fsp3) is 0. The molecule has 1 atom stereocenters. The van der Waals surface area contributed by atoms with E-state index in [1.54, 1.807) is 0 Å². The average molecular weight is 203 g/mol. The molecule has 0 spiro atoms. The highest BCUT2D eigenvalue weighted by molar-refractivity contribution is 8.20. The van der Waals surface area contributed by atoms with Crippen LogP contribution in [0, 0.1) is 0 Å². The van der Waals surface area contributed by atoms with Crippen LogP contribution in [0.2, 0.25) is 0 Å². The lowest BCUT2D eigenvalue weighted by molar-refractivity contribution is 0.572. The van der Waals surface area contributed by atoms with Crippen molar-refractivity contribution in [2.45, 2.75) is 0 Å². The van der Waals surface area contributed by atoms with Crippen molar-refractivity contribution in [3.8, 4) is 0 Å². The van der Waals surface area contributed by atoms with Gasteiger partial charge in [0.15, 0.2) is 5.23 Å². The van der Waals surface area contributed by atoms with Crippen molar-refractivity contribution in [1.82, 2.24) is 0 Å². The Bertz CT molecular complexity index is 442. The van der Waals surface area contributed by atoms with E-state index in [0.29, 0.717) is 0 Å². The first kappa shape index (κ1) is 9.00. The van der Waals surface area contributed by atoms with Crippen LogP contribution in [0.4, 0.5) is 5.69 Å². The first-order valence-corrected chi connectivity index (χ1v) is 5.50. The Morgan fingerprint density at radius 3 is 2.71 bits per heavy atom. The summed E-state index contributed by atoms with van der Waals surface area (Å²) in [6.45, 7) is 0. The van der Waals surface area contributed by atoms with Gasteiger partial charge in [-0.05, 0) is 34.1 Å². The van der Waals surface area contributed by atoms with E-state index in [0.717, 1.165) is 10.7 Å². The number of benzene rings is 1. The Labute approximate surface area is 84.9 Å². The highest BCUT2D eigenvalue weighted by Crippen LogP contribution is 2.30. The molecule has 2 rings (SSSR count). The number of anilines is 1. The van der Waals surface area contributed by atoms with E-state index in [-0.39, 0.29) is 0 Å². The summed E-state index contributed by atoms with van der Waals surface area (Å²) in [6.07, 6.45) is 3.78. The lowest BCUT2D eigenvalue weighted by Crippen LogP contribution is -1.94. The molecule has 0 fully saturated rings. The van der Waals surface area contributed by atoms with Gasteiger partial charge in [-0.2, -0.15) is 0 Å². The third-order valence-electron chi connectivity index (χ3n) is 1.83. The largest absolute Gasteiger partial charge is 0.350 e. The minimum absolute atomic E-state index is 0.509. The summed E-state index contributed by atoms with van der Waals surface area (Å²) < 4.78 is 0. The maximum absolute atomic E-state index is 10.6. The first-order valence-electron chi connectivity index (χ1n) is 4.21. The second-order valence-corrected chi connectivity index (χ2v) is 4.33. The molecule has 70 valence electrons. The van der Waals surface area contributed by atoms with Crippen LogP contribution in [0.15, 0.2) is 52.9 Å². The van der Waals surface area contributed by atoms with E-state index in [9.17, 15) is 4.79 Å². The minimum Gasteiger partial charge on any atom is -0.350 e. The molecular weight excluding hydrogens is 194 g/mol. The Morgan fingerprint density at radius 2 is 2.00 bits per heavy atom. The van der Waals surface area contributed by atoms with Gasteiger partial charge < -0.3 is 5.32 Å². The molecule has 1 aromatic carbocycles. The van der Waals surface area contributed by atoms with Crippen LogP contribution >= 0.6 is 10.5 Å². The maximum Gasteiger partial charge on any atom is 0.166 e. The molecule has 14 heavy (non-hydrogen) atoms. The van der Waals surface area contributed by atoms with Crippen molar-refractivity contribution in [3.63, 3.8) is 0 Å². The third-order valence-corrected chi connectivity index (χ3v) is 3.15. The van der Waals surface area contributed by atoms with Crippen molar-refractivity contribution in [1.29, 1.82) is 0 Å². The van der Waals surface area contributed by atoms with Gasteiger partial charge in [-0.3, -0.25) is 0 Å². The number of rotatable bonds is 2. The van der Waals surface area contributed by atoms with Crippen LogP contribution in [0.25, 0.3) is 0 Å². The standard InChI is InChI=1S/C11H9NOS/c13-9-14-8-4-7-11(14)12-10-5-2-1-3-6-10/h1-8,12H. The molecule has 1 aliphatic heterocycles. The number of allylic oxidation sites excluding steroid dienone is 2. The zero-order chi connectivity index (χ0) is 9.80. The molecule has 0 saturated carbocycles. The fourth-order valence-electron chi connectivity index (χ4n) is 1.18. The van der Waals surface area contributed by atoms with E-state index in [2.05, 4.69) is 5.32 Å². The number of nitrogens with one attached hydrogen (secondary N) is 1. The molecule has 0 amide bonds. The monoisotopic (exact) mass is 203 g/mol. The summed E-state index contributed by atoms with van der Waals surface area (Å²) in [6, 6.07) is 9.79. The summed E-state index contributed by atoms with van der Waals surface area (Å²) in [4.78, 5) is 10.6. The van der Waals surface area contributed by atoms with Crippen molar-refractivity contribution in [2.75, 3.05) is 5.32 Å². The van der Waals surface area contributed by atoms with Crippen molar-refractivity contribution in [3.05, 3.63) is 52.9 Å². The highest BCUT2D eigenvalue weighted by Gasteiger charge is 2.05. The molecule has 0 aliphatic carbocycles. The summed E-state index contributed by atoms with van der Waals surface area (Å²) in [5.41, 5.74) is 0.996. The van der Waals surface area contributed by atoms with Crippen molar-refractivity contribution >= 4 is 21.4 Å². The molecule has 0 aromatic heterocycles. The molecule has 1 aromatic rings. The van der Waals surface area contributed by atoms with Gasteiger partial charge in [-0.15, -0.1) is 0 Å². The molecule has 1 N–H and O–H groups in total. The number of carbonyl (C=O) groups excluding carboxylic acids is 1. The van der Waals surface area contributed by atoms with Gasteiger partial charge in [0, 0.05) is 5.69 Å². The van der Waals surface area contributed by atoms with Crippen LogP contribution in [-0.2, 0) is 4.79 Å². The molecule has 3 heteroatoms. The quantitative estimate of drug-likeness (QED) is 0.749. The SMILES string of the molecule is O=C=S1C=CC=C1Nc1ccccc1. The molecular formula is C11H9NOS. The Kier molecular flexibility index (Phi) is 2.63. The summed E-state index contributed by atoms with van der Waals surface area (Å²) in [7, 11) is -0.509. The Hall–Kier alpha value is -1.57. The van der Waals surface area contributed by atoms with Crippen LogP contribution < -0.4 is 5.32 Å². The maximum atomic E-state index is 10.6. The first-order chi connectivity index (χ1) is 6.90. The third kappa shape index (κ3) is 1.84.